The molecule has 0 aliphatic rings. The van der Waals surface area contributed by atoms with Gasteiger partial charge in [0.05, 0.1) is 6.10 Å². The second-order valence-electron chi connectivity index (χ2n) is 2.72. The van der Waals surface area contributed by atoms with Gasteiger partial charge in [-0.15, -0.1) is 6.58 Å². The van der Waals surface area contributed by atoms with Crippen molar-refractivity contribution in [2.45, 2.75) is 25.6 Å². The van der Waals surface area contributed by atoms with Gasteiger partial charge in [-0.2, -0.15) is 0 Å². The van der Waals surface area contributed by atoms with E-state index in [0.717, 1.165) is 5.57 Å². The maximum absolute atomic E-state index is 10.3. The molecule has 2 N–H and O–H groups in total. The van der Waals surface area contributed by atoms with Crippen molar-refractivity contribution in [1.29, 1.82) is 0 Å². The van der Waals surface area contributed by atoms with Crippen molar-refractivity contribution >= 4 is 5.97 Å². The fraction of sp³-hybridized carbons (Fsp3) is 0.625. The van der Waals surface area contributed by atoms with Crippen molar-refractivity contribution in [1.82, 2.24) is 0 Å². The normalized spacial score (nSPS) is 15.2. The number of hydrogen-bond acceptors (Lipinski definition) is 3. The summed E-state index contributed by atoms with van der Waals surface area (Å²) >= 11 is 0. The van der Waals surface area contributed by atoms with Crippen molar-refractivity contribution in [3.05, 3.63) is 12.2 Å². The van der Waals surface area contributed by atoms with E-state index in [1.54, 1.807) is 6.92 Å². The Morgan fingerprint density at radius 2 is 2.17 bits per heavy atom. The highest BCUT2D eigenvalue weighted by atomic mass is 16.5. The molecule has 0 heterocycles. The molecule has 0 unspecified atom stereocenters. The summed E-state index contributed by atoms with van der Waals surface area (Å²) in [6.07, 6.45) is -1.84. The van der Waals surface area contributed by atoms with Crippen molar-refractivity contribution in [2.24, 2.45) is 0 Å². The Bertz CT molecular complexity index is 176. The van der Waals surface area contributed by atoms with E-state index in [9.17, 15) is 4.79 Å². The predicted octanol–water partition coefficient (Wildman–Crippen LogP) is 0.413. The standard InChI is InChI=1S/C8H14O4/c1-5(2)4-6(12-3)7(9)8(10)11/h6-7,9H,1,4H2,2-3H3,(H,10,11)/t6-,7-/m0/s1. The molecule has 0 aromatic rings. The lowest BCUT2D eigenvalue weighted by molar-refractivity contribution is -0.154. The van der Waals surface area contributed by atoms with Gasteiger partial charge >= 0.3 is 5.97 Å². The van der Waals surface area contributed by atoms with Gasteiger partial charge in [-0.25, -0.2) is 4.79 Å². The third-order valence-electron chi connectivity index (χ3n) is 1.46. The van der Waals surface area contributed by atoms with Crippen molar-refractivity contribution in [3.63, 3.8) is 0 Å². The average molecular weight is 174 g/mol. The summed E-state index contributed by atoms with van der Waals surface area (Å²) in [4.78, 5) is 10.3. The van der Waals surface area contributed by atoms with Gasteiger partial charge in [0.2, 0.25) is 0 Å². The van der Waals surface area contributed by atoms with Crippen LogP contribution in [-0.2, 0) is 9.53 Å². The van der Waals surface area contributed by atoms with Crippen LogP contribution in [0.5, 0.6) is 0 Å². The minimum Gasteiger partial charge on any atom is -0.479 e. The molecular weight excluding hydrogens is 160 g/mol. The molecule has 70 valence electrons. The Balaban J connectivity index is 4.14. The zero-order valence-corrected chi connectivity index (χ0v) is 7.28. The number of hydrogen-bond donors (Lipinski definition) is 2. The quantitative estimate of drug-likeness (QED) is 0.592. The highest BCUT2D eigenvalue weighted by Gasteiger charge is 2.25. The molecule has 0 bridgehead atoms. The highest BCUT2D eigenvalue weighted by molar-refractivity contribution is 5.72. The first-order valence-corrected chi connectivity index (χ1v) is 3.57. The summed E-state index contributed by atoms with van der Waals surface area (Å²) < 4.78 is 4.79. The highest BCUT2D eigenvalue weighted by Crippen LogP contribution is 2.09. The number of aliphatic hydroxyl groups excluding tert-OH is 1. The van der Waals surface area contributed by atoms with Gasteiger partial charge in [0.25, 0.3) is 0 Å². The predicted molar refractivity (Wildman–Crippen MR) is 43.9 cm³/mol. The Morgan fingerprint density at radius 1 is 1.67 bits per heavy atom. The van der Waals surface area contributed by atoms with Crippen LogP contribution in [0.3, 0.4) is 0 Å². The number of carbonyl (C=O) groups is 1. The summed E-state index contributed by atoms with van der Waals surface area (Å²) in [7, 11) is 1.36. The molecule has 0 spiro atoms. The number of ether oxygens (including phenoxy) is 1. The first kappa shape index (κ1) is 11.1. The van der Waals surface area contributed by atoms with Crippen molar-refractivity contribution in [3.8, 4) is 0 Å². The third kappa shape index (κ3) is 3.50. The van der Waals surface area contributed by atoms with Crippen LogP contribution in [0.2, 0.25) is 0 Å². The zero-order valence-electron chi connectivity index (χ0n) is 7.28. The molecule has 0 amide bonds. The molecule has 0 aliphatic heterocycles. The summed E-state index contributed by atoms with van der Waals surface area (Å²) in [6, 6.07) is 0. The summed E-state index contributed by atoms with van der Waals surface area (Å²) in [5.74, 6) is -1.27. The third-order valence-corrected chi connectivity index (χ3v) is 1.46. The van der Waals surface area contributed by atoms with Gasteiger partial charge in [-0.3, -0.25) is 0 Å². The second kappa shape index (κ2) is 4.90. The average Bonchev–Trinajstić information content (AvgIpc) is 1.98. The second-order valence-corrected chi connectivity index (χ2v) is 2.72. The van der Waals surface area contributed by atoms with E-state index in [2.05, 4.69) is 6.58 Å². The minimum absolute atomic E-state index is 0.351. The van der Waals surface area contributed by atoms with Crippen LogP contribution < -0.4 is 0 Å². The fourth-order valence-electron chi connectivity index (χ4n) is 0.826. The molecule has 0 rings (SSSR count). The Hall–Kier alpha value is -0.870. The lowest BCUT2D eigenvalue weighted by Gasteiger charge is -2.17. The molecule has 0 saturated carbocycles. The largest absolute Gasteiger partial charge is 0.479 e. The molecular formula is C8H14O4. The van der Waals surface area contributed by atoms with E-state index in [-0.39, 0.29) is 0 Å². The SMILES string of the molecule is C=C(C)C[C@H](OC)[C@H](O)C(=O)O. The van der Waals surface area contributed by atoms with E-state index >= 15 is 0 Å². The van der Waals surface area contributed by atoms with Crippen LogP contribution in [0.4, 0.5) is 0 Å². The van der Waals surface area contributed by atoms with Gasteiger partial charge in [0, 0.05) is 7.11 Å². The van der Waals surface area contributed by atoms with Gasteiger partial charge in [-0.1, -0.05) is 5.57 Å². The van der Waals surface area contributed by atoms with Gasteiger partial charge in [-0.05, 0) is 13.3 Å². The lowest BCUT2D eigenvalue weighted by Crippen LogP contribution is -2.35. The van der Waals surface area contributed by atoms with Gasteiger partial charge in [0.1, 0.15) is 0 Å². The van der Waals surface area contributed by atoms with Crippen LogP contribution in [0.1, 0.15) is 13.3 Å². The van der Waals surface area contributed by atoms with Gasteiger partial charge < -0.3 is 14.9 Å². The van der Waals surface area contributed by atoms with Crippen LogP contribution in [0, 0.1) is 0 Å². The van der Waals surface area contributed by atoms with E-state index in [4.69, 9.17) is 14.9 Å². The van der Waals surface area contributed by atoms with E-state index < -0.39 is 18.2 Å². The molecule has 4 heteroatoms. The number of aliphatic hydroxyl groups is 1. The zero-order chi connectivity index (χ0) is 9.72. The smallest absolute Gasteiger partial charge is 0.335 e. The van der Waals surface area contributed by atoms with E-state index in [0.29, 0.717) is 6.42 Å². The number of methoxy groups -OCH3 is 1. The molecule has 0 radical (unpaired) electrons. The van der Waals surface area contributed by atoms with Crippen LogP contribution in [-0.4, -0.2) is 35.5 Å². The summed E-state index contributed by atoms with van der Waals surface area (Å²) in [5.41, 5.74) is 0.780. The Labute approximate surface area is 71.5 Å². The number of aliphatic carboxylic acids is 1. The Kier molecular flexibility index (Phi) is 4.54. The van der Waals surface area contributed by atoms with E-state index in [1.807, 2.05) is 0 Å². The molecule has 0 aromatic carbocycles. The topological polar surface area (TPSA) is 66.8 Å². The first-order valence-electron chi connectivity index (χ1n) is 3.57. The summed E-state index contributed by atoms with van der Waals surface area (Å²) in [6.45, 7) is 5.35. The maximum atomic E-state index is 10.3. The number of carboxylic acid groups (broad SMARTS) is 1. The van der Waals surface area contributed by atoms with Crippen LogP contribution in [0.15, 0.2) is 12.2 Å². The molecule has 0 aliphatic carbocycles. The first-order chi connectivity index (χ1) is 5.49. The monoisotopic (exact) mass is 174 g/mol. The Morgan fingerprint density at radius 3 is 2.42 bits per heavy atom. The van der Waals surface area contributed by atoms with Crippen LogP contribution >= 0.6 is 0 Å². The molecule has 0 aromatic heterocycles. The van der Waals surface area contributed by atoms with E-state index in [1.165, 1.54) is 7.11 Å². The molecule has 12 heavy (non-hydrogen) atoms. The molecule has 0 fully saturated rings. The lowest BCUT2D eigenvalue weighted by atomic mass is 10.1. The molecule has 0 saturated heterocycles. The fourth-order valence-corrected chi connectivity index (χ4v) is 0.826. The van der Waals surface area contributed by atoms with Gasteiger partial charge in [0.15, 0.2) is 6.10 Å². The number of carboxylic acids is 1. The molecule has 2 atom stereocenters. The molecule has 4 nitrogen and oxygen atoms in total. The maximum Gasteiger partial charge on any atom is 0.335 e. The van der Waals surface area contributed by atoms with Crippen molar-refractivity contribution in [2.75, 3.05) is 7.11 Å². The number of rotatable bonds is 5. The van der Waals surface area contributed by atoms with Crippen LogP contribution in [0.25, 0.3) is 0 Å². The summed E-state index contributed by atoms with van der Waals surface area (Å²) in [5, 5.41) is 17.5. The van der Waals surface area contributed by atoms with Crippen molar-refractivity contribution < 1.29 is 19.7 Å². The minimum atomic E-state index is -1.48.